The van der Waals surface area contributed by atoms with E-state index in [2.05, 4.69) is 54.1 Å². The van der Waals surface area contributed by atoms with Gasteiger partial charge in [0, 0.05) is 28.9 Å². The lowest BCUT2D eigenvalue weighted by atomic mass is 10.0. The van der Waals surface area contributed by atoms with E-state index in [9.17, 15) is 4.79 Å². The monoisotopic (exact) mass is 416 g/mol. The first-order valence-electron chi connectivity index (χ1n) is 10.0. The van der Waals surface area contributed by atoms with Crippen molar-refractivity contribution in [2.45, 2.75) is 34.6 Å². The van der Waals surface area contributed by atoms with Crippen LogP contribution in [0.25, 0.3) is 22.2 Å². The summed E-state index contributed by atoms with van der Waals surface area (Å²) in [5.41, 5.74) is 7.43. The molecule has 0 saturated carbocycles. The average Bonchev–Trinajstić information content (AvgIpc) is 3.18. The zero-order valence-corrected chi connectivity index (χ0v) is 18.6. The van der Waals surface area contributed by atoms with Gasteiger partial charge in [-0.2, -0.15) is 9.59 Å². The van der Waals surface area contributed by atoms with Gasteiger partial charge in [0.2, 0.25) is 0 Å². The lowest BCUT2D eigenvalue weighted by Crippen LogP contribution is -1.84. The molecule has 0 bridgehead atoms. The van der Waals surface area contributed by atoms with Gasteiger partial charge in [-0.1, -0.05) is 67.4 Å². The van der Waals surface area contributed by atoms with Gasteiger partial charge in [-0.05, 0) is 44.0 Å². The van der Waals surface area contributed by atoms with Crippen molar-refractivity contribution < 1.29 is 14.4 Å². The molecule has 0 saturated heterocycles. The molecule has 1 N–H and O–H groups in total. The Balaban J connectivity index is 0.000000309. The summed E-state index contributed by atoms with van der Waals surface area (Å²) in [6.07, 6.45) is 4.88. The first-order valence-corrected chi connectivity index (χ1v) is 10.0. The topological polar surface area (TPSA) is 79.9 Å². The Hall–Kier alpha value is -3.82. The van der Waals surface area contributed by atoms with Crippen LogP contribution in [0.3, 0.4) is 0 Å². The molecule has 4 rings (SSSR count). The van der Waals surface area contributed by atoms with Crippen molar-refractivity contribution in [3.05, 3.63) is 89.2 Å². The number of carbonyl (C=O) groups is 1. The van der Waals surface area contributed by atoms with Crippen molar-refractivity contribution in [1.82, 2.24) is 9.97 Å². The van der Waals surface area contributed by atoms with Crippen LogP contribution in [-0.4, -0.2) is 22.4 Å². The average molecular weight is 417 g/mol. The molecule has 0 unspecified atom stereocenters. The van der Waals surface area contributed by atoms with Crippen LogP contribution in [0.4, 0.5) is 0 Å². The van der Waals surface area contributed by atoms with Crippen LogP contribution in [0.2, 0.25) is 0 Å². The summed E-state index contributed by atoms with van der Waals surface area (Å²) in [4.78, 5) is 34.6. The number of fused-ring (bicyclic) bond motifs is 1. The van der Waals surface area contributed by atoms with Gasteiger partial charge in [0.1, 0.15) is 11.9 Å². The minimum Gasteiger partial charge on any atom is -0.346 e. The highest BCUT2D eigenvalue weighted by molar-refractivity contribution is 5.85. The zero-order chi connectivity index (χ0) is 23.2. The number of pyridine rings is 1. The number of aromatic nitrogens is 2. The summed E-state index contributed by atoms with van der Waals surface area (Å²) < 4.78 is 0. The van der Waals surface area contributed by atoms with Gasteiger partial charge < -0.3 is 4.98 Å². The van der Waals surface area contributed by atoms with Gasteiger partial charge >= 0.3 is 6.15 Å². The van der Waals surface area contributed by atoms with E-state index in [4.69, 9.17) is 9.59 Å². The summed E-state index contributed by atoms with van der Waals surface area (Å²) in [5, 5.41) is 1.11. The number of benzene rings is 2. The van der Waals surface area contributed by atoms with E-state index in [1.54, 1.807) is 6.07 Å². The van der Waals surface area contributed by atoms with Crippen molar-refractivity contribution in [1.29, 1.82) is 0 Å². The number of hydrogen-bond donors (Lipinski definition) is 1. The standard InChI is InChI=1S/C15H12N2O.C8H10.C2H6.CO2/c1-10-7-16-15-14(10)6-13(8-17-15)12-4-2-3-11(5-12)9-18;1-7-3-5-8(2)6-4-7;1-2;2-1-3/h2-9H,1H3,(H,16,17);3-6H,1-2H3;1-2H3;. The Bertz CT molecular complexity index is 1100. The molecule has 0 aliphatic heterocycles. The van der Waals surface area contributed by atoms with Crippen molar-refractivity contribution in [2.75, 3.05) is 0 Å². The van der Waals surface area contributed by atoms with Crippen LogP contribution >= 0.6 is 0 Å². The second-order valence-electron chi connectivity index (χ2n) is 6.57. The molecule has 5 heteroatoms. The Kier molecular flexibility index (Phi) is 10.9. The van der Waals surface area contributed by atoms with Gasteiger partial charge in [0.25, 0.3) is 0 Å². The minimum absolute atomic E-state index is 0.250. The molecule has 2 aromatic heterocycles. The molecule has 5 nitrogen and oxygen atoms in total. The number of aromatic amines is 1. The molecule has 0 radical (unpaired) electrons. The van der Waals surface area contributed by atoms with E-state index in [1.807, 2.05) is 51.4 Å². The lowest BCUT2D eigenvalue weighted by Gasteiger charge is -2.02. The van der Waals surface area contributed by atoms with E-state index in [-0.39, 0.29) is 6.15 Å². The van der Waals surface area contributed by atoms with Gasteiger partial charge in [-0.15, -0.1) is 0 Å². The summed E-state index contributed by atoms with van der Waals surface area (Å²) in [5.74, 6) is 0. The molecule has 4 aromatic rings. The summed E-state index contributed by atoms with van der Waals surface area (Å²) >= 11 is 0. The van der Waals surface area contributed by atoms with Gasteiger partial charge in [0.15, 0.2) is 0 Å². The number of rotatable bonds is 2. The third-order valence-electron chi connectivity index (χ3n) is 4.31. The number of aldehydes is 1. The van der Waals surface area contributed by atoms with E-state index in [0.29, 0.717) is 5.56 Å². The van der Waals surface area contributed by atoms with Crippen molar-refractivity contribution in [2.24, 2.45) is 0 Å². The highest BCUT2D eigenvalue weighted by Gasteiger charge is 2.04. The maximum atomic E-state index is 10.8. The number of nitrogens with zero attached hydrogens (tertiary/aromatic N) is 1. The minimum atomic E-state index is 0.250. The van der Waals surface area contributed by atoms with Crippen LogP contribution in [0.5, 0.6) is 0 Å². The molecule has 2 aromatic carbocycles. The van der Waals surface area contributed by atoms with Crippen LogP contribution < -0.4 is 0 Å². The Morgan fingerprint density at radius 2 is 1.45 bits per heavy atom. The Morgan fingerprint density at radius 3 is 2.00 bits per heavy atom. The Morgan fingerprint density at radius 1 is 0.871 bits per heavy atom. The number of aryl methyl sites for hydroxylation is 3. The first-order chi connectivity index (χ1) is 15.0. The number of carbonyl (C=O) groups excluding carboxylic acids is 3. The van der Waals surface area contributed by atoms with Crippen molar-refractivity contribution in [3.8, 4) is 11.1 Å². The molecule has 0 spiro atoms. The Labute approximate surface area is 183 Å². The predicted octanol–water partition coefficient (Wildman–Crippen LogP) is 6.10. The molecule has 2 heterocycles. The predicted molar refractivity (Wildman–Crippen MR) is 124 cm³/mol. The fourth-order valence-corrected chi connectivity index (χ4v) is 2.72. The largest absolute Gasteiger partial charge is 0.373 e. The molecule has 0 atom stereocenters. The van der Waals surface area contributed by atoms with Gasteiger partial charge in [-0.3, -0.25) is 4.79 Å². The van der Waals surface area contributed by atoms with Crippen molar-refractivity contribution >= 4 is 23.5 Å². The van der Waals surface area contributed by atoms with Crippen LogP contribution in [0.1, 0.15) is 40.9 Å². The third kappa shape index (κ3) is 7.84. The van der Waals surface area contributed by atoms with Crippen LogP contribution in [-0.2, 0) is 9.59 Å². The molecule has 31 heavy (non-hydrogen) atoms. The van der Waals surface area contributed by atoms with Crippen LogP contribution in [0, 0.1) is 20.8 Å². The number of hydrogen-bond acceptors (Lipinski definition) is 4. The molecule has 0 aliphatic carbocycles. The van der Waals surface area contributed by atoms with Crippen molar-refractivity contribution in [3.63, 3.8) is 0 Å². The molecule has 160 valence electrons. The van der Waals surface area contributed by atoms with E-state index < -0.39 is 0 Å². The zero-order valence-electron chi connectivity index (χ0n) is 18.6. The maximum absolute atomic E-state index is 10.8. The quantitative estimate of drug-likeness (QED) is 0.401. The van der Waals surface area contributed by atoms with E-state index in [1.165, 1.54) is 16.7 Å². The summed E-state index contributed by atoms with van der Waals surface area (Å²) in [6.45, 7) is 10.2. The number of H-pyrrole nitrogens is 1. The molecule has 0 amide bonds. The molecule has 0 fully saturated rings. The highest BCUT2D eigenvalue weighted by Crippen LogP contribution is 2.24. The molecule has 0 aliphatic rings. The maximum Gasteiger partial charge on any atom is 0.373 e. The highest BCUT2D eigenvalue weighted by atomic mass is 16.2. The first kappa shape index (κ1) is 25.2. The van der Waals surface area contributed by atoms with Crippen LogP contribution in [0.15, 0.2) is 67.0 Å². The fourth-order valence-electron chi connectivity index (χ4n) is 2.72. The second-order valence-corrected chi connectivity index (χ2v) is 6.57. The van der Waals surface area contributed by atoms with E-state index >= 15 is 0 Å². The summed E-state index contributed by atoms with van der Waals surface area (Å²) in [7, 11) is 0. The van der Waals surface area contributed by atoms with Gasteiger partial charge in [0.05, 0.1) is 0 Å². The molecular formula is C26H28N2O3. The second kappa shape index (κ2) is 13.4. The normalized spacial score (nSPS) is 9.06. The summed E-state index contributed by atoms with van der Waals surface area (Å²) in [6, 6.07) is 18.1. The SMILES string of the molecule is CC.Cc1c[nH]c2ncc(-c3cccc(C=O)c3)cc12.Cc1ccc(C)cc1.O=C=O. The fraction of sp³-hybridized carbons (Fsp3) is 0.192. The lowest BCUT2D eigenvalue weighted by molar-refractivity contribution is -0.191. The number of nitrogens with one attached hydrogen (secondary N) is 1. The smallest absolute Gasteiger partial charge is 0.346 e. The third-order valence-corrected chi connectivity index (χ3v) is 4.31. The van der Waals surface area contributed by atoms with Gasteiger partial charge in [-0.25, -0.2) is 4.98 Å². The van der Waals surface area contributed by atoms with E-state index in [0.717, 1.165) is 28.4 Å². The molecular weight excluding hydrogens is 388 g/mol.